The zero-order valence-electron chi connectivity index (χ0n) is 18.4. The minimum absolute atomic E-state index is 0.0781. The molecular formula is C24H22FNO6S2. The molecule has 0 saturated heterocycles. The highest BCUT2D eigenvalue weighted by Crippen LogP contribution is 2.36. The maximum Gasteiger partial charge on any atom is 0.303 e. The minimum atomic E-state index is -3.99. The van der Waals surface area contributed by atoms with Crippen LogP contribution in [0.15, 0.2) is 58.9 Å². The molecule has 2 aromatic carbocycles. The van der Waals surface area contributed by atoms with E-state index in [0.29, 0.717) is 39.3 Å². The molecule has 0 radical (unpaired) electrons. The van der Waals surface area contributed by atoms with E-state index in [0.717, 1.165) is 11.3 Å². The second-order valence-corrected chi connectivity index (χ2v) is 10.6. The van der Waals surface area contributed by atoms with E-state index in [1.54, 1.807) is 30.3 Å². The Balaban J connectivity index is 1.77. The maximum atomic E-state index is 14.1. The van der Waals surface area contributed by atoms with E-state index in [4.69, 9.17) is 14.6 Å². The number of ether oxygens (including phenoxy) is 2. The molecule has 2 heterocycles. The Morgan fingerprint density at radius 2 is 1.94 bits per heavy atom. The van der Waals surface area contributed by atoms with Crippen molar-refractivity contribution >= 4 is 38.2 Å². The van der Waals surface area contributed by atoms with Crippen molar-refractivity contribution in [2.75, 3.05) is 13.7 Å². The summed E-state index contributed by atoms with van der Waals surface area (Å²) < 4.78 is 53.0. The SMILES string of the molecule is CCOc1ccc2c(c1)c(CCC(=O)O)cn2S(=O)(=O)c1ccc(-c2ccc(OC)c(F)c2)s1. The second kappa shape index (κ2) is 9.47. The average molecular weight is 504 g/mol. The first-order valence-electron chi connectivity index (χ1n) is 10.4. The monoisotopic (exact) mass is 503 g/mol. The molecule has 0 atom stereocenters. The predicted molar refractivity (Wildman–Crippen MR) is 128 cm³/mol. The van der Waals surface area contributed by atoms with E-state index in [1.807, 2.05) is 6.92 Å². The van der Waals surface area contributed by atoms with Gasteiger partial charge in [-0.3, -0.25) is 4.79 Å². The fourth-order valence-corrected chi connectivity index (χ4v) is 6.46. The highest BCUT2D eigenvalue weighted by Gasteiger charge is 2.24. The number of nitrogens with zero attached hydrogens (tertiary/aromatic N) is 1. The number of rotatable bonds is 9. The van der Waals surface area contributed by atoms with Crippen LogP contribution in [0.2, 0.25) is 0 Å². The van der Waals surface area contributed by atoms with Crippen LogP contribution in [0.1, 0.15) is 18.9 Å². The molecular weight excluding hydrogens is 481 g/mol. The lowest BCUT2D eigenvalue weighted by molar-refractivity contribution is -0.136. The molecule has 2 aromatic heterocycles. The molecule has 0 amide bonds. The number of aromatic nitrogens is 1. The van der Waals surface area contributed by atoms with Crippen LogP contribution in [0, 0.1) is 5.82 Å². The third-order valence-corrected chi connectivity index (χ3v) is 8.55. The first-order chi connectivity index (χ1) is 16.2. The molecule has 0 aliphatic rings. The topological polar surface area (TPSA) is 94.8 Å². The van der Waals surface area contributed by atoms with Crippen molar-refractivity contribution in [3.05, 3.63) is 66.1 Å². The number of fused-ring (bicyclic) bond motifs is 1. The molecule has 0 bridgehead atoms. The van der Waals surface area contributed by atoms with E-state index in [9.17, 15) is 17.6 Å². The number of methoxy groups -OCH3 is 1. The zero-order chi connectivity index (χ0) is 24.5. The van der Waals surface area contributed by atoms with Gasteiger partial charge in [-0.05, 0) is 73.0 Å². The van der Waals surface area contributed by atoms with Crippen molar-refractivity contribution in [3.63, 3.8) is 0 Å². The molecule has 178 valence electrons. The van der Waals surface area contributed by atoms with Crippen molar-refractivity contribution in [2.45, 2.75) is 24.0 Å². The van der Waals surface area contributed by atoms with Crippen molar-refractivity contribution in [2.24, 2.45) is 0 Å². The Labute approximate surface area is 200 Å². The van der Waals surface area contributed by atoms with Crippen LogP contribution in [-0.4, -0.2) is 37.2 Å². The fraction of sp³-hybridized carbons (Fsp3) is 0.208. The van der Waals surface area contributed by atoms with Gasteiger partial charge in [-0.1, -0.05) is 0 Å². The Bertz CT molecular complexity index is 1470. The molecule has 0 unspecified atom stereocenters. The van der Waals surface area contributed by atoms with Crippen molar-refractivity contribution in [1.29, 1.82) is 0 Å². The normalized spacial score (nSPS) is 11.6. The van der Waals surface area contributed by atoms with Gasteiger partial charge < -0.3 is 14.6 Å². The lowest BCUT2D eigenvalue weighted by Crippen LogP contribution is -2.10. The van der Waals surface area contributed by atoms with Crippen LogP contribution in [-0.2, 0) is 21.2 Å². The van der Waals surface area contributed by atoms with E-state index in [-0.39, 0.29) is 22.8 Å². The zero-order valence-corrected chi connectivity index (χ0v) is 20.1. The molecule has 4 rings (SSSR count). The van der Waals surface area contributed by atoms with E-state index < -0.39 is 21.8 Å². The molecule has 0 aliphatic heterocycles. The standard InChI is InChI=1S/C24H22FNO6S2/c1-3-32-17-6-7-20-18(13-17)16(5-10-23(27)28)14-26(20)34(29,30)24-11-9-22(33-24)15-4-8-21(31-2)19(25)12-15/h4,6-9,11-14H,3,5,10H2,1-2H3,(H,27,28). The maximum absolute atomic E-state index is 14.1. The summed E-state index contributed by atoms with van der Waals surface area (Å²) in [6.45, 7) is 2.28. The van der Waals surface area contributed by atoms with Gasteiger partial charge >= 0.3 is 5.97 Å². The number of aryl methyl sites for hydroxylation is 1. The minimum Gasteiger partial charge on any atom is -0.494 e. The number of carboxylic acid groups (broad SMARTS) is 1. The Morgan fingerprint density at radius 1 is 1.15 bits per heavy atom. The largest absolute Gasteiger partial charge is 0.494 e. The number of benzene rings is 2. The van der Waals surface area contributed by atoms with Crippen LogP contribution in [0.5, 0.6) is 11.5 Å². The first-order valence-corrected chi connectivity index (χ1v) is 12.7. The summed E-state index contributed by atoms with van der Waals surface area (Å²) in [5, 5.41) is 9.73. The summed E-state index contributed by atoms with van der Waals surface area (Å²) in [4.78, 5) is 11.7. The van der Waals surface area contributed by atoms with Gasteiger partial charge in [-0.15, -0.1) is 11.3 Å². The fourth-order valence-electron chi connectivity index (χ4n) is 3.67. The quantitative estimate of drug-likeness (QED) is 0.339. The lowest BCUT2D eigenvalue weighted by atomic mass is 10.1. The average Bonchev–Trinajstić information content (AvgIpc) is 3.44. The van der Waals surface area contributed by atoms with Gasteiger partial charge in [0.1, 0.15) is 9.96 Å². The molecule has 10 heteroatoms. The van der Waals surface area contributed by atoms with Crippen LogP contribution in [0.4, 0.5) is 4.39 Å². The van der Waals surface area contributed by atoms with E-state index >= 15 is 0 Å². The molecule has 0 spiro atoms. The number of carbonyl (C=O) groups is 1. The molecule has 0 aliphatic carbocycles. The number of thiophene rings is 1. The molecule has 1 N–H and O–H groups in total. The first kappa shape index (κ1) is 23.8. The van der Waals surface area contributed by atoms with Crippen LogP contribution in [0.3, 0.4) is 0 Å². The Kier molecular flexibility index (Phi) is 6.63. The van der Waals surface area contributed by atoms with Gasteiger partial charge in [0.2, 0.25) is 0 Å². The summed E-state index contributed by atoms with van der Waals surface area (Å²) in [7, 11) is -2.62. The van der Waals surface area contributed by atoms with Gasteiger partial charge in [0.05, 0.1) is 19.2 Å². The second-order valence-electron chi connectivity index (χ2n) is 7.43. The van der Waals surface area contributed by atoms with Crippen LogP contribution < -0.4 is 9.47 Å². The van der Waals surface area contributed by atoms with Gasteiger partial charge in [0.15, 0.2) is 11.6 Å². The summed E-state index contributed by atoms with van der Waals surface area (Å²) in [5.74, 6) is -0.837. The van der Waals surface area contributed by atoms with Crippen molar-refractivity contribution in [3.8, 4) is 21.9 Å². The summed E-state index contributed by atoms with van der Waals surface area (Å²) in [6, 6.07) is 12.6. The Hall–Kier alpha value is -3.37. The third-order valence-electron chi connectivity index (χ3n) is 5.27. The molecule has 0 saturated carbocycles. The number of hydrogen-bond donors (Lipinski definition) is 1. The molecule has 4 aromatic rings. The lowest BCUT2D eigenvalue weighted by Gasteiger charge is -2.07. The van der Waals surface area contributed by atoms with Crippen LogP contribution >= 0.6 is 11.3 Å². The third kappa shape index (κ3) is 4.51. The van der Waals surface area contributed by atoms with E-state index in [2.05, 4.69) is 0 Å². The molecule has 7 nitrogen and oxygen atoms in total. The highest BCUT2D eigenvalue weighted by molar-refractivity contribution is 7.92. The molecule has 34 heavy (non-hydrogen) atoms. The van der Waals surface area contributed by atoms with E-state index in [1.165, 1.54) is 35.5 Å². The smallest absolute Gasteiger partial charge is 0.303 e. The van der Waals surface area contributed by atoms with Crippen molar-refractivity contribution < 1.29 is 32.2 Å². The van der Waals surface area contributed by atoms with Gasteiger partial charge in [-0.2, -0.15) is 8.42 Å². The van der Waals surface area contributed by atoms with Crippen LogP contribution in [0.25, 0.3) is 21.3 Å². The molecule has 0 fully saturated rings. The van der Waals surface area contributed by atoms with Crippen molar-refractivity contribution in [1.82, 2.24) is 3.97 Å². The summed E-state index contributed by atoms with van der Waals surface area (Å²) >= 11 is 1.02. The predicted octanol–water partition coefficient (Wildman–Crippen LogP) is 5.17. The van der Waals surface area contributed by atoms with Gasteiger partial charge in [0.25, 0.3) is 10.0 Å². The number of carboxylic acids is 1. The van der Waals surface area contributed by atoms with Gasteiger partial charge in [-0.25, -0.2) is 8.36 Å². The number of aliphatic carboxylic acids is 1. The highest BCUT2D eigenvalue weighted by atomic mass is 32.2. The summed E-state index contributed by atoms with van der Waals surface area (Å²) in [5.41, 5.74) is 1.55. The number of hydrogen-bond acceptors (Lipinski definition) is 6. The Morgan fingerprint density at radius 3 is 2.62 bits per heavy atom. The summed E-state index contributed by atoms with van der Waals surface area (Å²) in [6.07, 6.45) is 1.50. The number of halogens is 1. The van der Waals surface area contributed by atoms with Gasteiger partial charge in [0, 0.05) is 22.9 Å².